The van der Waals surface area contributed by atoms with Crippen molar-refractivity contribution in [3.05, 3.63) is 52.6 Å². The fourth-order valence-corrected chi connectivity index (χ4v) is 1.99. The summed E-state index contributed by atoms with van der Waals surface area (Å²) in [6.07, 6.45) is 3.72. The number of halogens is 3. The number of hydrazine groups is 1. The molecule has 102 valence electrons. The fourth-order valence-electron chi connectivity index (χ4n) is 1.84. The molecular formula is C12H13ClF2N4. The Morgan fingerprint density at radius 2 is 2.16 bits per heavy atom. The molecule has 7 heteroatoms. The van der Waals surface area contributed by atoms with E-state index in [0.29, 0.717) is 12.2 Å². The molecule has 1 aromatic carbocycles. The van der Waals surface area contributed by atoms with Crippen molar-refractivity contribution in [3.8, 4) is 0 Å². The number of aryl methyl sites for hydroxylation is 1. The molecular weight excluding hydrogens is 274 g/mol. The van der Waals surface area contributed by atoms with E-state index in [9.17, 15) is 8.78 Å². The quantitative estimate of drug-likeness (QED) is 0.514. The van der Waals surface area contributed by atoms with Crippen molar-refractivity contribution < 1.29 is 8.78 Å². The summed E-state index contributed by atoms with van der Waals surface area (Å²) in [6.45, 7) is 0. The molecule has 1 heterocycles. The number of benzene rings is 1. The van der Waals surface area contributed by atoms with E-state index in [0.717, 1.165) is 12.1 Å². The van der Waals surface area contributed by atoms with E-state index in [1.807, 2.05) is 7.05 Å². The van der Waals surface area contributed by atoms with Gasteiger partial charge in [0.25, 0.3) is 0 Å². The van der Waals surface area contributed by atoms with Gasteiger partial charge in [0, 0.05) is 31.4 Å². The predicted molar refractivity (Wildman–Crippen MR) is 68.3 cm³/mol. The molecule has 0 aliphatic carbocycles. The first kappa shape index (κ1) is 13.9. The third-order valence-corrected chi connectivity index (χ3v) is 3.21. The van der Waals surface area contributed by atoms with Crippen LogP contribution in [0.25, 0.3) is 0 Å². The van der Waals surface area contributed by atoms with Crippen LogP contribution in [0.3, 0.4) is 0 Å². The molecule has 2 rings (SSSR count). The van der Waals surface area contributed by atoms with E-state index in [4.69, 9.17) is 17.4 Å². The van der Waals surface area contributed by atoms with Gasteiger partial charge in [-0.15, -0.1) is 0 Å². The van der Waals surface area contributed by atoms with E-state index in [1.165, 1.54) is 0 Å². The van der Waals surface area contributed by atoms with E-state index in [1.54, 1.807) is 17.0 Å². The average Bonchev–Trinajstić information content (AvgIpc) is 2.77. The summed E-state index contributed by atoms with van der Waals surface area (Å²) < 4.78 is 29.0. The van der Waals surface area contributed by atoms with Crippen LogP contribution in [0.15, 0.2) is 24.5 Å². The van der Waals surface area contributed by atoms with Crippen LogP contribution in [-0.2, 0) is 13.5 Å². The molecule has 2 aromatic rings. The number of nitrogens with two attached hydrogens (primary N) is 1. The zero-order chi connectivity index (χ0) is 14.0. The van der Waals surface area contributed by atoms with Crippen molar-refractivity contribution in [2.45, 2.75) is 12.5 Å². The van der Waals surface area contributed by atoms with Gasteiger partial charge in [0.15, 0.2) is 0 Å². The second kappa shape index (κ2) is 5.64. The lowest BCUT2D eigenvalue weighted by atomic mass is 10.0. The number of rotatable bonds is 4. The highest BCUT2D eigenvalue weighted by molar-refractivity contribution is 6.30. The lowest BCUT2D eigenvalue weighted by Crippen LogP contribution is -2.31. The van der Waals surface area contributed by atoms with Gasteiger partial charge in [-0.05, 0) is 12.1 Å². The molecule has 4 nitrogen and oxygen atoms in total. The Balaban J connectivity index is 2.32. The van der Waals surface area contributed by atoms with E-state index < -0.39 is 17.7 Å². The van der Waals surface area contributed by atoms with E-state index in [2.05, 4.69) is 10.4 Å². The van der Waals surface area contributed by atoms with E-state index in [-0.39, 0.29) is 10.6 Å². The smallest absolute Gasteiger partial charge is 0.142 e. The van der Waals surface area contributed by atoms with Crippen LogP contribution in [0.1, 0.15) is 17.4 Å². The van der Waals surface area contributed by atoms with Gasteiger partial charge in [-0.3, -0.25) is 11.3 Å². The molecule has 0 aliphatic rings. The number of hydrogen-bond donors (Lipinski definition) is 2. The van der Waals surface area contributed by atoms with Crippen molar-refractivity contribution in [1.82, 2.24) is 15.0 Å². The van der Waals surface area contributed by atoms with Gasteiger partial charge >= 0.3 is 0 Å². The maximum Gasteiger partial charge on any atom is 0.142 e. The zero-order valence-corrected chi connectivity index (χ0v) is 11.0. The van der Waals surface area contributed by atoms with Crippen LogP contribution in [-0.4, -0.2) is 9.55 Å². The molecule has 0 amide bonds. The molecule has 0 spiro atoms. The summed E-state index contributed by atoms with van der Waals surface area (Å²) in [4.78, 5) is 4.12. The Bertz CT molecular complexity index is 585. The Morgan fingerprint density at radius 1 is 1.42 bits per heavy atom. The summed E-state index contributed by atoms with van der Waals surface area (Å²) in [5.74, 6) is 4.84. The van der Waals surface area contributed by atoms with Crippen LogP contribution in [0.4, 0.5) is 8.78 Å². The van der Waals surface area contributed by atoms with Gasteiger partial charge in [0.2, 0.25) is 0 Å². The van der Waals surface area contributed by atoms with E-state index >= 15 is 0 Å². The van der Waals surface area contributed by atoms with Crippen molar-refractivity contribution in [1.29, 1.82) is 0 Å². The first-order valence-electron chi connectivity index (χ1n) is 5.59. The maximum atomic E-state index is 13.8. The number of nitrogens with zero attached hydrogens (tertiary/aromatic N) is 2. The first-order chi connectivity index (χ1) is 9.02. The predicted octanol–water partition coefficient (Wildman–Crippen LogP) is 2.10. The Morgan fingerprint density at radius 3 is 2.74 bits per heavy atom. The van der Waals surface area contributed by atoms with Crippen LogP contribution < -0.4 is 11.3 Å². The van der Waals surface area contributed by atoms with Crippen molar-refractivity contribution in [2.75, 3.05) is 0 Å². The van der Waals surface area contributed by atoms with Gasteiger partial charge < -0.3 is 4.57 Å². The van der Waals surface area contributed by atoms with Gasteiger partial charge in [-0.25, -0.2) is 13.8 Å². The molecule has 0 aliphatic heterocycles. The minimum atomic E-state index is -0.682. The molecule has 0 radical (unpaired) electrons. The molecule has 1 aromatic heterocycles. The number of nitrogens with one attached hydrogen (secondary N) is 1. The minimum absolute atomic E-state index is 0.118. The molecule has 0 fully saturated rings. The fraction of sp³-hybridized carbons (Fsp3) is 0.250. The van der Waals surface area contributed by atoms with Crippen LogP contribution in [0, 0.1) is 11.6 Å². The standard InChI is InChI=1S/C12H13ClF2N4/c1-19-3-2-17-12(19)6-11(18-16)7-4-10(15)8(13)5-9(7)14/h2-5,11,18H,6,16H2,1H3. The van der Waals surface area contributed by atoms with Gasteiger partial charge in [-0.2, -0.15) is 0 Å². The zero-order valence-electron chi connectivity index (χ0n) is 10.2. The molecule has 1 atom stereocenters. The van der Waals surface area contributed by atoms with Crippen LogP contribution in [0.5, 0.6) is 0 Å². The van der Waals surface area contributed by atoms with Crippen molar-refractivity contribution in [2.24, 2.45) is 12.9 Å². The number of aromatic nitrogens is 2. The third-order valence-electron chi connectivity index (χ3n) is 2.92. The van der Waals surface area contributed by atoms with Crippen LogP contribution >= 0.6 is 11.6 Å². The highest BCUT2D eigenvalue weighted by Gasteiger charge is 2.19. The Hall–Kier alpha value is -1.50. The molecule has 3 N–H and O–H groups in total. The van der Waals surface area contributed by atoms with Gasteiger partial charge in [0.1, 0.15) is 17.5 Å². The highest BCUT2D eigenvalue weighted by atomic mass is 35.5. The summed E-state index contributed by atoms with van der Waals surface area (Å²) in [5.41, 5.74) is 2.59. The summed E-state index contributed by atoms with van der Waals surface area (Å²) in [7, 11) is 1.81. The lowest BCUT2D eigenvalue weighted by Gasteiger charge is -2.17. The minimum Gasteiger partial charge on any atom is -0.338 e. The topological polar surface area (TPSA) is 55.9 Å². The lowest BCUT2D eigenvalue weighted by molar-refractivity contribution is 0.490. The molecule has 0 saturated heterocycles. The summed E-state index contributed by atoms with van der Waals surface area (Å²) in [6, 6.07) is 1.40. The largest absolute Gasteiger partial charge is 0.338 e. The number of hydrogen-bond acceptors (Lipinski definition) is 3. The molecule has 1 unspecified atom stereocenters. The first-order valence-corrected chi connectivity index (χ1v) is 5.97. The average molecular weight is 287 g/mol. The highest BCUT2D eigenvalue weighted by Crippen LogP contribution is 2.25. The normalized spacial score (nSPS) is 12.7. The number of imidazole rings is 1. The van der Waals surface area contributed by atoms with Crippen LogP contribution in [0.2, 0.25) is 5.02 Å². The molecule has 19 heavy (non-hydrogen) atoms. The van der Waals surface area contributed by atoms with Crippen molar-refractivity contribution >= 4 is 11.6 Å². The third kappa shape index (κ3) is 2.91. The van der Waals surface area contributed by atoms with Gasteiger partial charge in [0.05, 0.1) is 11.1 Å². The second-order valence-corrected chi connectivity index (χ2v) is 4.57. The van der Waals surface area contributed by atoms with Gasteiger partial charge in [-0.1, -0.05) is 11.6 Å². The summed E-state index contributed by atoms with van der Waals surface area (Å²) >= 11 is 5.52. The maximum absolute atomic E-state index is 13.8. The van der Waals surface area contributed by atoms with Crippen molar-refractivity contribution in [3.63, 3.8) is 0 Å². The SMILES string of the molecule is Cn1ccnc1CC(NN)c1cc(F)c(Cl)cc1F. The molecule has 0 saturated carbocycles. The molecule has 0 bridgehead atoms. The summed E-state index contributed by atoms with van der Waals surface area (Å²) in [5, 5.41) is -0.256. The monoisotopic (exact) mass is 286 g/mol. The Kier molecular flexibility index (Phi) is 4.14. The Labute approximate surface area is 114 Å². The second-order valence-electron chi connectivity index (χ2n) is 4.17.